The summed E-state index contributed by atoms with van der Waals surface area (Å²) in [6.45, 7) is 0. The van der Waals surface area contributed by atoms with Crippen molar-refractivity contribution in [2.75, 3.05) is 7.11 Å². The topological polar surface area (TPSA) is 39.2 Å². The number of carbonyl (C=O) groups is 1. The summed E-state index contributed by atoms with van der Waals surface area (Å²) in [5.74, 6) is 0.574. The van der Waals surface area contributed by atoms with Crippen LogP contribution in [-0.4, -0.2) is 18.4 Å². The van der Waals surface area contributed by atoms with E-state index in [0.29, 0.717) is 10.8 Å². The van der Waals surface area contributed by atoms with Crippen molar-refractivity contribution >= 4 is 17.6 Å². The van der Waals surface area contributed by atoms with Crippen LogP contribution in [0.1, 0.15) is 52.9 Å². The lowest BCUT2D eigenvalue weighted by Crippen LogP contribution is -2.17. The summed E-state index contributed by atoms with van der Waals surface area (Å²) in [7, 11) is 1.74. The molecule has 3 nitrogen and oxygen atoms in total. The maximum absolute atomic E-state index is 10.6. The van der Waals surface area contributed by atoms with Crippen molar-refractivity contribution in [2.24, 2.45) is 5.92 Å². The minimum Gasteiger partial charge on any atom is -0.374 e. The van der Waals surface area contributed by atoms with Crippen molar-refractivity contribution in [3.05, 3.63) is 16.1 Å². The minimum absolute atomic E-state index is 0.0824. The van der Waals surface area contributed by atoms with Gasteiger partial charge in [-0.1, -0.05) is 19.3 Å². The number of hydrogen-bond donors (Lipinski definition) is 0. The number of aromatic nitrogens is 1. The zero-order valence-corrected chi connectivity index (χ0v) is 10.3. The molecule has 1 atom stereocenters. The third-order valence-corrected chi connectivity index (χ3v) is 4.22. The highest BCUT2D eigenvalue weighted by molar-refractivity contribution is 7.13. The van der Waals surface area contributed by atoms with E-state index in [1.54, 1.807) is 13.3 Å². The highest BCUT2D eigenvalue weighted by Gasteiger charge is 2.27. The molecule has 0 aromatic carbocycles. The Morgan fingerprint density at radius 3 is 2.81 bits per heavy atom. The van der Waals surface area contributed by atoms with Crippen molar-refractivity contribution in [3.63, 3.8) is 0 Å². The molecule has 4 heteroatoms. The second-order valence-electron chi connectivity index (χ2n) is 4.27. The van der Waals surface area contributed by atoms with Gasteiger partial charge in [-0.05, 0) is 18.8 Å². The summed E-state index contributed by atoms with van der Waals surface area (Å²) in [5, 5.41) is 0.955. The first kappa shape index (κ1) is 11.7. The Hall–Kier alpha value is -0.740. The molecule has 1 fully saturated rings. The largest absolute Gasteiger partial charge is 0.374 e. The molecule has 2 rings (SSSR count). The lowest BCUT2D eigenvalue weighted by molar-refractivity contribution is 0.0352. The molecule has 0 spiro atoms. The SMILES string of the molecule is COC(c1ncc(C=O)s1)C1CCCCC1. The fourth-order valence-corrected chi connectivity index (χ4v) is 3.32. The number of carbonyl (C=O) groups excluding carboxylic acids is 1. The van der Waals surface area contributed by atoms with Crippen LogP contribution in [-0.2, 0) is 4.74 Å². The quantitative estimate of drug-likeness (QED) is 0.757. The van der Waals surface area contributed by atoms with Crippen LogP contribution in [0.2, 0.25) is 0 Å². The van der Waals surface area contributed by atoms with E-state index in [1.165, 1.54) is 43.4 Å². The van der Waals surface area contributed by atoms with Crippen LogP contribution in [0.3, 0.4) is 0 Å². The second-order valence-corrected chi connectivity index (χ2v) is 5.37. The van der Waals surface area contributed by atoms with Crippen molar-refractivity contribution < 1.29 is 9.53 Å². The van der Waals surface area contributed by atoms with Gasteiger partial charge in [0, 0.05) is 13.3 Å². The van der Waals surface area contributed by atoms with Gasteiger partial charge in [0.05, 0.1) is 4.88 Å². The maximum Gasteiger partial charge on any atom is 0.161 e. The molecular formula is C12H17NO2S. The number of aldehydes is 1. The zero-order chi connectivity index (χ0) is 11.4. The van der Waals surface area contributed by atoms with Gasteiger partial charge >= 0.3 is 0 Å². The second kappa shape index (κ2) is 5.55. The minimum atomic E-state index is 0.0824. The Bertz CT molecular complexity index is 345. The van der Waals surface area contributed by atoms with Gasteiger partial charge in [0.2, 0.25) is 0 Å². The van der Waals surface area contributed by atoms with Crippen LogP contribution in [0, 0.1) is 5.92 Å². The first-order valence-corrected chi connectivity index (χ1v) is 6.60. The average molecular weight is 239 g/mol. The molecule has 0 aliphatic heterocycles. The van der Waals surface area contributed by atoms with Gasteiger partial charge < -0.3 is 4.74 Å². The van der Waals surface area contributed by atoms with Crippen molar-refractivity contribution in [3.8, 4) is 0 Å². The van der Waals surface area contributed by atoms with Gasteiger partial charge in [0.1, 0.15) is 11.1 Å². The number of hydrogen-bond acceptors (Lipinski definition) is 4. The average Bonchev–Trinajstić information content (AvgIpc) is 2.80. The third kappa shape index (κ3) is 2.50. The molecular weight excluding hydrogens is 222 g/mol. The van der Waals surface area contributed by atoms with Crippen LogP contribution in [0.15, 0.2) is 6.20 Å². The molecule has 0 radical (unpaired) electrons. The summed E-state index contributed by atoms with van der Waals surface area (Å²) in [4.78, 5) is 15.6. The fraction of sp³-hybridized carbons (Fsp3) is 0.667. The molecule has 16 heavy (non-hydrogen) atoms. The van der Waals surface area contributed by atoms with E-state index in [2.05, 4.69) is 4.98 Å². The highest BCUT2D eigenvalue weighted by Crippen LogP contribution is 2.37. The van der Waals surface area contributed by atoms with E-state index >= 15 is 0 Å². The van der Waals surface area contributed by atoms with E-state index < -0.39 is 0 Å². The third-order valence-electron chi connectivity index (χ3n) is 3.23. The van der Waals surface area contributed by atoms with Crippen LogP contribution in [0.4, 0.5) is 0 Å². The number of rotatable bonds is 4. The summed E-state index contributed by atoms with van der Waals surface area (Å²) in [6, 6.07) is 0. The van der Waals surface area contributed by atoms with Gasteiger partial charge in [-0.2, -0.15) is 0 Å². The van der Waals surface area contributed by atoms with Gasteiger partial charge in [0.25, 0.3) is 0 Å². The number of methoxy groups -OCH3 is 1. The van der Waals surface area contributed by atoms with Crippen molar-refractivity contribution in [1.29, 1.82) is 0 Å². The number of ether oxygens (including phenoxy) is 1. The molecule has 0 saturated heterocycles. The van der Waals surface area contributed by atoms with Crippen LogP contribution < -0.4 is 0 Å². The van der Waals surface area contributed by atoms with E-state index in [9.17, 15) is 4.79 Å². The summed E-state index contributed by atoms with van der Waals surface area (Å²) < 4.78 is 5.57. The molecule has 0 N–H and O–H groups in total. The van der Waals surface area contributed by atoms with Gasteiger partial charge in [0.15, 0.2) is 6.29 Å². The number of thiazole rings is 1. The lowest BCUT2D eigenvalue weighted by Gasteiger charge is -2.27. The molecule has 1 saturated carbocycles. The Kier molecular flexibility index (Phi) is 4.07. The van der Waals surface area contributed by atoms with Crippen LogP contribution in [0.5, 0.6) is 0 Å². The summed E-state index contributed by atoms with van der Waals surface area (Å²) >= 11 is 1.46. The van der Waals surface area contributed by atoms with Crippen molar-refractivity contribution in [1.82, 2.24) is 4.98 Å². The van der Waals surface area contributed by atoms with Crippen LogP contribution >= 0.6 is 11.3 Å². The predicted octanol–water partition coefficient (Wildman–Crippen LogP) is 3.22. The van der Waals surface area contributed by atoms with Gasteiger partial charge in [-0.25, -0.2) is 4.98 Å². The first-order chi connectivity index (χ1) is 7.85. The van der Waals surface area contributed by atoms with Crippen LogP contribution in [0.25, 0.3) is 0 Å². The van der Waals surface area contributed by atoms with E-state index in [4.69, 9.17) is 4.74 Å². The standard InChI is InChI=1S/C12H17NO2S/c1-15-11(9-5-3-2-4-6-9)12-13-7-10(8-14)16-12/h7-9,11H,2-6H2,1H3. The molecule has 88 valence electrons. The summed E-state index contributed by atoms with van der Waals surface area (Å²) in [6.07, 6.45) is 8.93. The molecule has 0 bridgehead atoms. The zero-order valence-electron chi connectivity index (χ0n) is 9.52. The Morgan fingerprint density at radius 1 is 1.50 bits per heavy atom. The smallest absolute Gasteiger partial charge is 0.161 e. The van der Waals surface area contributed by atoms with E-state index in [1.807, 2.05) is 0 Å². The van der Waals surface area contributed by atoms with Gasteiger partial charge in [-0.3, -0.25) is 4.79 Å². The van der Waals surface area contributed by atoms with Gasteiger partial charge in [-0.15, -0.1) is 11.3 Å². The predicted molar refractivity (Wildman–Crippen MR) is 63.8 cm³/mol. The van der Waals surface area contributed by atoms with Crippen molar-refractivity contribution in [2.45, 2.75) is 38.2 Å². The Balaban J connectivity index is 2.10. The lowest BCUT2D eigenvalue weighted by atomic mass is 9.85. The maximum atomic E-state index is 10.6. The fourth-order valence-electron chi connectivity index (χ4n) is 2.42. The number of nitrogens with zero attached hydrogens (tertiary/aromatic N) is 1. The Morgan fingerprint density at radius 2 is 2.25 bits per heavy atom. The monoisotopic (exact) mass is 239 g/mol. The van der Waals surface area contributed by atoms with E-state index in [-0.39, 0.29) is 6.10 Å². The summed E-state index contributed by atoms with van der Waals surface area (Å²) in [5.41, 5.74) is 0. The van der Waals surface area contributed by atoms with E-state index in [0.717, 1.165) is 11.3 Å². The molecule has 1 unspecified atom stereocenters. The molecule has 1 heterocycles. The molecule has 1 aromatic rings. The molecule has 1 aliphatic carbocycles. The molecule has 0 amide bonds. The molecule has 1 aliphatic rings. The Labute approximate surface area is 99.8 Å². The molecule has 1 aromatic heterocycles. The normalized spacial score (nSPS) is 19.6. The first-order valence-electron chi connectivity index (χ1n) is 5.79. The highest BCUT2D eigenvalue weighted by atomic mass is 32.1.